The number of amides is 1. The van der Waals surface area contributed by atoms with Crippen molar-refractivity contribution in [3.63, 3.8) is 0 Å². The number of halogens is 2. The third-order valence-electron chi connectivity index (χ3n) is 3.44. The number of para-hydroxylation sites is 1. The van der Waals surface area contributed by atoms with Crippen LogP contribution in [-0.2, 0) is 0 Å². The van der Waals surface area contributed by atoms with E-state index in [2.05, 4.69) is 21.2 Å². The Morgan fingerprint density at radius 3 is 2.95 bits per heavy atom. The zero-order chi connectivity index (χ0) is 14.8. The first-order valence-corrected chi connectivity index (χ1v) is 7.42. The van der Waals surface area contributed by atoms with E-state index in [1.165, 1.54) is 12.1 Å². The van der Waals surface area contributed by atoms with Gasteiger partial charge in [0.2, 0.25) is 0 Å². The number of hydrogen-bond acceptors (Lipinski definition) is 2. The summed E-state index contributed by atoms with van der Waals surface area (Å²) in [5.74, 6) is -0.185. The highest BCUT2D eigenvalue weighted by Gasteiger charge is 2.24. The molecule has 21 heavy (non-hydrogen) atoms. The Kier molecular flexibility index (Phi) is 3.92. The number of hydrogen-bond donors (Lipinski definition) is 1. The van der Waals surface area contributed by atoms with E-state index in [4.69, 9.17) is 4.74 Å². The number of benzene rings is 2. The zero-order valence-electron chi connectivity index (χ0n) is 11.1. The van der Waals surface area contributed by atoms with Crippen LogP contribution in [0, 0.1) is 5.82 Å². The summed E-state index contributed by atoms with van der Waals surface area (Å²) in [6.07, 6.45) is 0.665. The number of nitrogens with one attached hydrogen (secondary N) is 1. The molecule has 2 aromatic rings. The van der Waals surface area contributed by atoms with Crippen LogP contribution >= 0.6 is 15.9 Å². The minimum Gasteiger partial charge on any atom is -0.493 e. The maximum atomic E-state index is 13.8. The first kappa shape index (κ1) is 14.1. The molecule has 0 fully saturated rings. The molecular weight excluding hydrogens is 337 g/mol. The van der Waals surface area contributed by atoms with Crippen molar-refractivity contribution in [2.45, 2.75) is 12.5 Å². The van der Waals surface area contributed by atoms with E-state index < -0.39 is 11.7 Å². The second-order valence-electron chi connectivity index (χ2n) is 4.83. The Hall–Kier alpha value is -1.88. The van der Waals surface area contributed by atoms with Crippen LogP contribution in [0.1, 0.15) is 28.4 Å². The van der Waals surface area contributed by atoms with Crippen LogP contribution in [0.2, 0.25) is 0 Å². The van der Waals surface area contributed by atoms with E-state index in [9.17, 15) is 9.18 Å². The van der Waals surface area contributed by atoms with Gasteiger partial charge in [0.25, 0.3) is 5.91 Å². The van der Waals surface area contributed by atoms with Crippen LogP contribution in [0.5, 0.6) is 5.75 Å². The van der Waals surface area contributed by atoms with Crippen LogP contribution in [0.3, 0.4) is 0 Å². The van der Waals surface area contributed by atoms with E-state index in [0.29, 0.717) is 17.5 Å². The van der Waals surface area contributed by atoms with E-state index >= 15 is 0 Å². The van der Waals surface area contributed by atoms with Gasteiger partial charge in [-0.1, -0.05) is 34.1 Å². The van der Waals surface area contributed by atoms with Crippen LogP contribution in [0.4, 0.5) is 4.39 Å². The monoisotopic (exact) mass is 349 g/mol. The minimum absolute atomic E-state index is 0.0355. The number of carbonyl (C=O) groups excluding carboxylic acids is 1. The number of fused-ring (bicyclic) bond motifs is 1. The Morgan fingerprint density at radius 1 is 1.29 bits per heavy atom. The molecule has 0 aliphatic carbocycles. The largest absolute Gasteiger partial charge is 0.493 e. The lowest BCUT2D eigenvalue weighted by molar-refractivity contribution is 0.0920. The van der Waals surface area contributed by atoms with Crippen LogP contribution in [0.15, 0.2) is 46.9 Å². The SMILES string of the molecule is O=C(N[C@H]1CCOc2ccccc21)c1cc(Br)ccc1F. The molecule has 0 saturated carbocycles. The Labute approximate surface area is 130 Å². The normalized spacial score (nSPS) is 16.8. The summed E-state index contributed by atoms with van der Waals surface area (Å²) in [7, 11) is 0. The molecule has 0 saturated heterocycles. The lowest BCUT2D eigenvalue weighted by atomic mass is 10.00. The highest BCUT2D eigenvalue weighted by Crippen LogP contribution is 2.31. The molecule has 5 heteroatoms. The Bertz CT molecular complexity index is 690. The first-order chi connectivity index (χ1) is 10.1. The summed E-state index contributed by atoms with van der Waals surface area (Å²) in [6, 6.07) is 11.7. The predicted molar refractivity (Wildman–Crippen MR) is 80.9 cm³/mol. The third-order valence-corrected chi connectivity index (χ3v) is 3.93. The van der Waals surface area contributed by atoms with Gasteiger partial charge >= 0.3 is 0 Å². The Morgan fingerprint density at radius 2 is 2.10 bits per heavy atom. The number of carbonyl (C=O) groups is 1. The second-order valence-corrected chi connectivity index (χ2v) is 5.74. The van der Waals surface area contributed by atoms with Gasteiger partial charge in [0.05, 0.1) is 18.2 Å². The van der Waals surface area contributed by atoms with E-state index in [-0.39, 0.29) is 11.6 Å². The van der Waals surface area contributed by atoms with Crippen molar-refractivity contribution < 1.29 is 13.9 Å². The molecule has 0 bridgehead atoms. The molecule has 1 N–H and O–H groups in total. The molecule has 0 radical (unpaired) electrons. The zero-order valence-corrected chi connectivity index (χ0v) is 12.7. The molecule has 0 spiro atoms. The molecule has 1 aliphatic rings. The van der Waals surface area contributed by atoms with Crippen molar-refractivity contribution in [3.05, 3.63) is 63.9 Å². The highest BCUT2D eigenvalue weighted by atomic mass is 79.9. The van der Waals surface area contributed by atoms with Crippen molar-refractivity contribution in [3.8, 4) is 5.75 Å². The lowest BCUT2D eigenvalue weighted by Gasteiger charge is -2.26. The lowest BCUT2D eigenvalue weighted by Crippen LogP contribution is -2.32. The summed E-state index contributed by atoms with van der Waals surface area (Å²) < 4.78 is 20.0. The van der Waals surface area contributed by atoms with Crippen molar-refractivity contribution in [1.29, 1.82) is 0 Å². The summed E-state index contributed by atoms with van der Waals surface area (Å²) in [6.45, 7) is 0.531. The fourth-order valence-corrected chi connectivity index (χ4v) is 2.76. The summed E-state index contributed by atoms with van der Waals surface area (Å²) in [4.78, 5) is 12.3. The minimum atomic E-state index is -0.531. The third kappa shape index (κ3) is 2.93. The molecule has 108 valence electrons. The maximum absolute atomic E-state index is 13.8. The van der Waals surface area contributed by atoms with Gasteiger partial charge < -0.3 is 10.1 Å². The molecule has 1 heterocycles. The van der Waals surface area contributed by atoms with Crippen LogP contribution in [0.25, 0.3) is 0 Å². The van der Waals surface area contributed by atoms with Gasteiger partial charge in [-0.15, -0.1) is 0 Å². The molecule has 1 atom stereocenters. The van der Waals surface area contributed by atoms with Crippen molar-refractivity contribution >= 4 is 21.8 Å². The van der Waals surface area contributed by atoms with E-state index in [1.807, 2.05) is 24.3 Å². The highest BCUT2D eigenvalue weighted by molar-refractivity contribution is 9.10. The predicted octanol–water partition coefficient (Wildman–Crippen LogP) is 3.84. The van der Waals surface area contributed by atoms with Gasteiger partial charge in [-0.2, -0.15) is 0 Å². The van der Waals surface area contributed by atoms with Crippen LogP contribution < -0.4 is 10.1 Å². The van der Waals surface area contributed by atoms with Gasteiger partial charge in [0, 0.05) is 16.5 Å². The quantitative estimate of drug-likeness (QED) is 0.894. The standard InChI is InChI=1S/C16H13BrFNO2/c17-10-5-6-13(18)12(9-10)16(20)19-14-7-8-21-15-4-2-1-3-11(14)15/h1-6,9,14H,7-8H2,(H,19,20)/t14-/m0/s1. The average Bonchev–Trinajstić information content (AvgIpc) is 2.50. The van der Waals surface area contributed by atoms with Gasteiger partial charge in [0.15, 0.2) is 0 Å². The molecule has 3 nitrogen and oxygen atoms in total. The second kappa shape index (κ2) is 5.85. The Balaban J connectivity index is 1.84. The van der Waals surface area contributed by atoms with E-state index in [1.54, 1.807) is 6.07 Å². The fourth-order valence-electron chi connectivity index (χ4n) is 2.40. The smallest absolute Gasteiger partial charge is 0.254 e. The van der Waals surface area contributed by atoms with E-state index in [0.717, 1.165) is 11.3 Å². The molecule has 3 rings (SSSR count). The van der Waals surface area contributed by atoms with Crippen molar-refractivity contribution in [2.24, 2.45) is 0 Å². The molecule has 2 aromatic carbocycles. The van der Waals surface area contributed by atoms with Crippen LogP contribution in [-0.4, -0.2) is 12.5 Å². The topological polar surface area (TPSA) is 38.3 Å². The summed E-state index contributed by atoms with van der Waals surface area (Å²) >= 11 is 3.25. The number of rotatable bonds is 2. The van der Waals surface area contributed by atoms with Gasteiger partial charge in [-0.05, 0) is 24.3 Å². The molecule has 1 aliphatic heterocycles. The molecule has 1 amide bonds. The van der Waals surface area contributed by atoms with Crippen molar-refractivity contribution in [1.82, 2.24) is 5.32 Å². The van der Waals surface area contributed by atoms with Crippen molar-refractivity contribution in [2.75, 3.05) is 6.61 Å². The van der Waals surface area contributed by atoms with Gasteiger partial charge in [-0.3, -0.25) is 4.79 Å². The molecule has 0 unspecified atom stereocenters. The summed E-state index contributed by atoms with van der Waals surface area (Å²) in [5.41, 5.74) is 0.959. The number of ether oxygens (including phenoxy) is 1. The molecular formula is C16H13BrFNO2. The average molecular weight is 350 g/mol. The van der Waals surface area contributed by atoms with Gasteiger partial charge in [-0.25, -0.2) is 4.39 Å². The van der Waals surface area contributed by atoms with Gasteiger partial charge in [0.1, 0.15) is 11.6 Å². The fraction of sp³-hybridized carbons (Fsp3) is 0.188. The summed E-state index contributed by atoms with van der Waals surface area (Å²) in [5, 5.41) is 2.88. The first-order valence-electron chi connectivity index (χ1n) is 6.63. The molecule has 0 aromatic heterocycles. The maximum Gasteiger partial charge on any atom is 0.254 e.